The Kier molecular flexibility index (Phi) is 3.58. The average Bonchev–Trinajstić information content (AvgIpc) is 2.70. The van der Waals surface area contributed by atoms with Crippen LogP contribution < -0.4 is 5.73 Å². The Bertz CT molecular complexity index is 493. The summed E-state index contributed by atoms with van der Waals surface area (Å²) in [6.45, 7) is 0. The molecular weight excluding hydrogens is 264 g/mol. The van der Waals surface area contributed by atoms with Crippen molar-refractivity contribution in [2.24, 2.45) is 0 Å². The molecule has 0 aliphatic rings. The Hall–Kier alpha value is -0.910. The van der Waals surface area contributed by atoms with E-state index in [1.807, 2.05) is 5.38 Å². The average molecular weight is 273 g/mol. The van der Waals surface area contributed by atoms with E-state index in [1.54, 1.807) is 24.4 Å². The summed E-state index contributed by atoms with van der Waals surface area (Å²) in [5.74, 6) is 0.353. The highest BCUT2D eigenvalue weighted by Crippen LogP contribution is 2.27. The number of hydrogen-bond acceptors (Lipinski definition) is 4. The van der Waals surface area contributed by atoms with Crippen molar-refractivity contribution in [2.45, 2.75) is 10.6 Å². The first kappa shape index (κ1) is 11.6. The van der Waals surface area contributed by atoms with Crippen LogP contribution in [0.15, 0.2) is 34.7 Å². The Morgan fingerprint density at radius 2 is 2.31 bits per heavy atom. The molecule has 2 aromatic rings. The normalized spacial score (nSPS) is 12.6. The van der Waals surface area contributed by atoms with Gasteiger partial charge >= 0.3 is 0 Å². The van der Waals surface area contributed by atoms with E-state index in [-0.39, 0.29) is 0 Å². The van der Waals surface area contributed by atoms with Crippen LogP contribution in [-0.2, 0) is 16.6 Å². The second-order valence-electron chi connectivity index (χ2n) is 3.07. The van der Waals surface area contributed by atoms with Crippen molar-refractivity contribution in [1.82, 2.24) is 4.98 Å². The highest BCUT2D eigenvalue weighted by molar-refractivity contribution is 7.84. The molecular formula is C10H9ClN2OS2. The lowest BCUT2D eigenvalue weighted by molar-refractivity contribution is 0.683. The number of thiazole rings is 1. The van der Waals surface area contributed by atoms with Gasteiger partial charge < -0.3 is 5.73 Å². The molecule has 1 heterocycles. The predicted molar refractivity (Wildman–Crippen MR) is 68.1 cm³/mol. The van der Waals surface area contributed by atoms with E-state index in [9.17, 15) is 4.21 Å². The van der Waals surface area contributed by atoms with Crippen molar-refractivity contribution in [2.75, 3.05) is 5.73 Å². The van der Waals surface area contributed by atoms with Crippen molar-refractivity contribution in [1.29, 1.82) is 0 Å². The molecule has 0 spiro atoms. The number of halogens is 1. The highest BCUT2D eigenvalue weighted by Gasteiger charge is 2.13. The minimum absolute atomic E-state index is 0.353. The SMILES string of the molecule is Nc1cccc(Cl)c1S(=O)Cc1nccs1. The fourth-order valence-electron chi connectivity index (χ4n) is 1.27. The molecule has 2 rings (SSSR count). The molecule has 1 aromatic carbocycles. The van der Waals surface area contributed by atoms with Gasteiger partial charge in [-0.15, -0.1) is 11.3 Å². The van der Waals surface area contributed by atoms with Crippen LogP contribution in [0.4, 0.5) is 5.69 Å². The van der Waals surface area contributed by atoms with Gasteiger partial charge in [0, 0.05) is 17.3 Å². The second kappa shape index (κ2) is 4.95. The van der Waals surface area contributed by atoms with E-state index in [4.69, 9.17) is 17.3 Å². The van der Waals surface area contributed by atoms with E-state index >= 15 is 0 Å². The third-order valence-corrected chi connectivity index (χ3v) is 4.80. The summed E-state index contributed by atoms with van der Waals surface area (Å²) in [7, 11) is -1.24. The van der Waals surface area contributed by atoms with Crippen molar-refractivity contribution < 1.29 is 4.21 Å². The zero-order valence-electron chi connectivity index (χ0n) is 8.22. The minimum atomic E-state index is -1.24. The molecule has 0 aliphatic carbocycles. The van der Waals surface area contributed by atoms with Gasteiger partial charge in [0.05, 0.1) is 26.5 Å². The Morgan fingerprint density at radius 3 is 2.94 bits per heavy atom. The smallest absolute Gasteiger partial charge is 0.105 e. The summed E-state index contributed by atoms with van der Waals surface area (Å²) in [4.78, 5) is 4.58. The standard InChI is InChI=1S/C10H9ClN2OS2/c11-7-2-1-3-8(12)10(7)16(14)6-9-13-4-5-15-9/h1-5H,6,12H2. The first-order valence-corrected chi connectivity index (χ1v) is 7.07. The highest BCUT2D eigenvalue weighted by atomic mass is 35.5. The molecule has 0 saturated heterocycles. The summed E-state index contributed by atoms with van der Waals surface area (Å²) in [5.41, 5.74) is 6.22. The fourth-order valence-corrected chi connectivity index (χ4v) is 3.77. The van der Waals surface area contributed by atoms with Crippen LogP contribution in [0.3, 0.4) is 0 Å². The van der Waals surface area contributed by atoms with E-state index in [0.717, 1.165) is 5.01 Å². The number of nitrogen functional groups attached to an aromatic ring is 1. The molecule has 0 radical (unpaired) electrons. The van der Waals surface area contributed by atoms with Crippen molar-refractivity contribution >= 4 is 39.4 Å². The third kappa shape index (κ3) is 2.42. The van der Waals surface area contributed by atoms with Crippen LogP contribution >= 0.6 is 22.9 Å². The molecule has 0 aliphatic heterocycles. The number of nitrogens with two attached hydrogens (primary N) is 1. The van der Waals surface area contributed by atoms with Crippen molar-refractivity contribution in [3.05, 3.63) is 39.8 Å². The number of hydrogen-bond donors (Lipinski definition) is 1. The van der Waals surface area contributed by atoms with Crippen LogP contribution in [0.1, 0.15) is 5.01 Å². The van der Waals surface area contributed by atoms with E-state index in [2.05, 4.69) is 4.98 Å². The maximum absolute atomic E-state index is 12.1. The molecule has 2 N–H and O–H groups in total. The first-order valence-electron chi connectivity index (χ1n) is 4.49. The van der Waals surface area contributed by atoms with Gasteiger partial charge in [-0.1, -0.05) is 17.7 Å². The molecule has 1 unspecified atom stereocenters. The minimum Gasteiger partial charge on any atom is -0.398 e. The number of benzene rings is 1. The van der Waals surface area contributed by atoms with Gasteiger partial charge in [0.2, 0.25) is 0 Å². The second-order valence-corrected chi connectivity index (χ2v) is 5.85. The molecule has 0 amide bonds. The van der Waals surface area contributed by atoms with E-state index in [0.29, 0.717) is 21.4 Å². The van der Waals surface area contributed by atoms with E-state index in [1.165, 1.54) is 11.3 Å². The van der Waals surface area contributed by atoms with Crippen LogP contribution in [0.25, 0.3) is 0 Å². The molecule has 6 heteroatoms. The third-order valence-electron chi connectivity index (χ3n) is 1.96. The van der Waals surface area contributed by atoms with Gasteiger partial charge in [0.15, 0.2) is 0 Å². The van der Waals surface area contributed by atoms with Crippen LogP contribution in [0.5, 0.6) is 0 Å². The molecule has 1 aromatic heterocycles. The van der Waals surface area contributed by atoms with Gasteiger partial charge in [0.1, 0.15) is 5.01 Å². The van der Waals surface area contributed by atoms with Gasteiger partial charge in [0.25, 0.3) is 0 Å². The number of aromatic nitrogens is 1. The summed E-state index contributed by atoms with van der Waals surface area (Å²) in [6.07, 6.45) is 1.69. The van der Waals surface area contributed by atoms with Crippen LogP contribution in [0.2, 0.25) is 5.02 Å². The van der Waals surface area contributed by atoms with Gasteiger partial charge in [-0.2, -0.15) is 0 Å². The van der Waals surface area contributed by atoms with Gasteiger partial charge in [-0.3, -0.25) is 4.21 Å². The van der Waals surface area contributed by atoms with Crippen LogP contribution in [-0.4, -0.2) is 9.19 Å². The van der Waals surface area contributed by atoms with Gasteiger partial charge in [-0.25, -0.2) is 4.98 Å². The monoisotopic (exact) mass is 272 g/mol. The molecule has 0 bridgehead atoms. The largest absolute Gasteiger partial charge is 0.398 e. The van der Waals surface area contributed by atoms with Crippen molar-refractivity contribution in [3.63, 3.8) is 0 Å². The summed E-state index contributed by atoms with van der Waals surface area (Å²) in [5, 5.41) is 3.11. The molecule has 16 heavy (non-hydrogen) atoms. The van der Waals surface area contributed by atoms with Crippen LogP contribution in [0, 0.1) is 0 Å². The molecule has 0 saturated carbocycles. The predicted octanol–water partition coefficient (Wildman–Crippen LogP) is 2.69. The molecule has 1 atom stereocenters. The lowest BCUT2D eigenvalue weighted by Crippen LogP contribution is -2.01. The van der Waals surface area contributed by atoms with Crippen molar-refractivity contribution in [3.8, 4) is 0 Å². The molecule has 3 nitrogen and oxygen atoms in total. The number of anilines is 1. The number of rotatable bonds is 3. The van der Waals surface area contributed by atoms with E-state index < -0.39 is 10.8 Å². The lowest BCUT2D eigenvalue weighted by Gasteiger charge is -2.06. The number of nitrogens with zero attached hydrogens (tertiary/aromatic N) is 1. The summed E-state index contributed by atoms with van der Waals surface area (Å²) >= 11 is 7.44. The first-order chi connectivity index (χ1) is 7.68. The molecule has 84 valence electrons. The maximum Gasteiger partial charge on any atom is 0.105 e. The maximum atomic E-state index is 12.1. The summed E-state index contributed by atoms with van der Waals surface area (Å²) < 4.78 is 12.1. The Labute approximate surface area is 105 Å². The molecule has 0 fully saturated rings. The quantitative estimate of drug-likeness (QED) is 0.874. The fraction of sp³-hybridized carbons (Fsp3) is 0.100. The Balaban J connectivity index is 2.28. The lowest BCUT2D eigenvalue weighted by atomic mass is 10.3. The Morgan fingerprint density at radius 1 is 1.50 bits per heavy atom. The zero-order chi connectivity index (χ0) is 11.5. The van der Waals surface area contributed by atoms with Gasteiger partial charge in [-0.05, 0) is 12.1 Å². The topological polar surface area (TPSA) is 56.0 Å². The summed E-state index contributed by atoms with van der Waals surface area (Å²) in [6, 6.07) is 5.12. The zero-order valence-corrected chi connectivity index (χ0v) is 10.6.